The Labute approximate surface area is 150 Å². The number of halogens is 1. The molecule has 0 fully saturated rings. The molecule has 132 valence electrons. The van der Waals surface area contributed by atoms with E-state index in [1.807, 2.05) is 16.7 Å². The average molecular weight is 350 g/mol. The smallest absolute Gasteiger partial charge is 0.162 e. The molecule has 0 aliphatic heterocycles. The number of aliphatic imine (C=N–C) groups is 1. The van der Waals surface area contributed by atoms with Crippen molar-refractivity contribution < 1.29 is 4.39 Å². The summed E-state index contributed by atoms with van der Waals surface area (Å²) in [5.74, 6) is 0.540. The van der Waals surface area contributed by atoms with Gasteiger partial charge in [0.2, 0.25) is 0 Å². The fourth-order valence-electron chi connectivity index (χ4n) is 3.43. The minimum absolute atomic E-state index is 0.0148. The molecule has 2 aromatic heterocycles. The molecule has 1 aromatic carbocycles. The van der Waals surface area contributed by atoms with Gasteiger partial charge in [0, 0.05) is 5.70 Å². The zero-order chi connectivity index (χ0) is 18.3. The number of fused-ring (bicyclic) bond motifs is 2. The largest absolute Gasteiger partial charge is 0.402 e. The van der Waals surface area contributed by atoms with Gasteiger partial charge in [-0.3, -0.25) is 0 Å². The average Bonchev–Trinajstić information content (AvgIpc) is 3.16. The maximum atomic E-state index is 13.7. The number of hydrogen-bond acceptors (Lipinski definition) is 4. The van der Waals surface area contributed by atoms with Crippen LogP contribution in [0.15, 0.2) is 53.4 Å². The number of nitrogens with zero attached hydrogens (tertiary/aromatic N) is 4. The van der Waals surface area contributed by atoms with E-state index in [2.05, 4.69) is 15.0 Å². The van der Waals surface area contributed by atoms with Crippen molar-refractivity contribution in [3.8, 4) is 0 Å². The topological polar surface area (TPSA) is 95.1 Å². The number of aromatic nitrogens is 3. The second kappa shape index (κ2) is 6.25. The normalized spacial score (nSPS) is 17.7. The number of nitrogens with two attached hydrogens (primary N) is 2. The molecule has 6 nitrogen and oxygen atoms in total. The van der Waals surface area contributed by atoms with E-state index >= 15 is 0 Å². The number of hydrogen-bond donors (Lipinski definition) is 2. The summed E-state index contributed by atoms with van der Waals surface area (Å²) in [4.78, 5) is 13.3. The number of rotatable bonds is 3. The fourth-order valence-corrected chi connectivity index (χ4v) is 3.43. The van der Waals surface area contributed by atoms with Crippen molar-refractivity contribution in [2.45, 2.75) is 25.8 Å². The number of pyridine rings is 1. The Morgan fingerprint density at radius 1 is 1.31 bits per heavy atom. The molecule has 0 spiro atoms. The van der Waals surface area contributed by atoms with Gasteiger partial charge in [-0.15, -0.1) is 0 Å². The molecule has 0 saturated heterocycles. The van der Waals surface area contributed by atoms with Gasteiger partial charge >= 0.3 is 0 Å². The summed E-state index contributed by atoms with van der Waals surface area (Å²) in [6.07, 6.45) is 5.13. The number of imidazole rings is 1. The third kappa shape index (κ3) is 2.92. The monoisotopic (exact) mass is 350 g/mol. The maximum Gasteiger partial charge on any atom is 0.162 e. The van der Waals surface area contributed by atoms with E-state index in [1.165, 1.54) is 11.6 Å². The summed E-state index contributed by atoms with van der Waals surface area (Å²) in [7, 11) is 0. The van der Waals surface area contributed by atoms with Crippen molar-refractivity contribution in [2.75, 3.05) is 0 Å². The molecule has 0 saturated carbocycles. The van der Waals surface area contributed by atoms with E-state index < -0.39 is 0 Å². The Balaban J connectivity index is 1.77. The van der Waals surface area contributed by atoms with Crippen molar-refractivity contribution in [2.24, 2.45) is 16.5 Å². The van der Waals surface area contributed by atoms with Gasteiger partial charge in [-0.05, 0) is 61.2 Å². The SMILES string of the molecule is C/C(N)=C/C(N)=Nc1ccc2ncn([C@@H]3CCc4ccc(F)cc43)c2n1. The van der Waals surface area contributed by atoms with Gasteiger partial charge < -0.3 is 16.0 Å². The highest BCUT2D eigenvalue weighted by atomic mass is 19.1. The lowest BCUT2D eigenvalue weighted by Gasteiger charge is -2.14. The van der Waals surface area contributed by atoms with Crippen molar-refractivity contribution in [3.05, 3.63) is 65.4 Å². The molecule has 4 N–H and O–H groups in total. The van der Waals surface area contributed by atoms with Gasteiger partial charge in [-0.25, -0.2) is 19.4 Å². The van der Waals surface area contributed by atoms with Gasteiger partial charge in [-0.2, -0.15) is 0 Å². The van der Waals surface area contributed by atoms with Crippen molar-refractivity contribution in [1.82, 2.24) is 14.5 Å². The molecule has 3 aromatic rings. The van der Waals surface area contributed by atoms with Crippen LogP contribution in [0.25, 0.3) is 11.2 Å². The van der Waals surface area contributed by atoms with Gasteiger partial charge in [0.15, 0.2) is 11.5 Å². The highest BCUT2D eigenvalue weighted by molar-refractivity contribution is 5.93. The van der Waals surface area contributed by atoms with Crippen LogP contribution in [0.2, 0.25) is 0 Å². The molecule has 1 aliphatic carbocycles. The molecule has 1 aliphatic rings. The minimum Gasteiger partial charge on any atom is -0.402 e. The van der Waals surface area contributed by atoms with Crippen LogP contribution in [0.3, 0.4) is 0 Å². The Bertz CT molecular complexity index is 1050. The summed E-state index contributed by atoms with van der Waals surface area (Å²) in [5.41, 5.74) is 15.7. The van der Waals surface area contributed by atoms with Crippen LogP contribution in [0.4, 0.5) is 10.2 Å². The highest BCUT2D eigenvalue weighted by Gasteiger charge is 2.26. The molecule has 2 heterocycles. The predicted octanol–water partition coefficient (Wildman–Crippen LogP) is 2.96. The highest BCUT2D eigenvalue weighted by Crippen LogP contribution is 2.36. The van der Waals surface area contributed by atoms with Gasteiger partial charge in [0.05, 0.1) is 12.4 Å². The van der Waals surface area contributed by atoms with Crippen LogP contribution in [-0.2, 0) is 6.42 Å². The van der Waals surface area contributed by atoms with Crippen molar-refractivity contribution in [1.29, 1.82) is 0 Å². The molecule has 26 heavy (non-hydrogen) atoms. The molecule has 7 heteroatoms. The van der Waals surface area contributed by atoms with E-state index in [-0.39, 0.29) is 17.7 Å². The molecule has 0 bridgehead atoms. The van der Waals surface area contributed by atoms with Crippen LogP contribution < -0.4 is 11.5 Å². The first-order valence-corrected chi connectivity index (χ1v) is 8.41. The molecule has 0 radical (unpaired) electrons. The zero-order valence-corrected chi connectivity index (χ0v) is 14.4. The minimum atomic E-state index is -0.227. The Hall–Kier alpha value is -3.22. The lowest BCUT2D eigenvalue weighted by Crippen LogP contribution is -2.10. The molecule has 4 rings (SSSR count). The first kappa shape index (κ1) is 16.3. The second-order valence-electron chi connectivity index (χ2n) is 6.49. The van der Waals surface area contributed by atoms with E-state index in [0.29, 0.717) is 17.2 Å². The van der Waals surface area contributed by atoms with Crippen LogP contribution in [0.5, 0.6) is 0 Å². The Morgan fingerprint density at radius 2 is 2.15 bits per heavy atom. The standard InChI is InChI=1S/C19H19FN6/c1-11(21)8-17(22)24-18-7-5-15-19(25-18)26(10-23-15)16-6-3-12-2-4-13(20)9-14(12)16/h2,4-5,7-10,16H,3,6,21H2,1H3,(H2,22,24,25)/b11-8-/t16-/m1/s1. The Morgan fingerprint density at radius 3 is 2.96 bits per heavy atom. The first-order chi connectivity index (χ1) is 12.5. The van der Waals surface area contributed by atoms with E-state index in [0.717, 1.165) is 23.9 Å². The Kier molecular flexibility index (Phi) is 3.91. The van der Waals surface area contributed by atoms with E-state index in [1.54, 1.807) is 31.5 Å². The van der Waals surface area contributed by atoms with Crippen molar-refractivity contribution >= 4 is 22.8 Å². The summed E-state index contributed by atoms with van der Waals surface area (Å²) in [5, 5.41) is 0. The number of allylic oxidation sites excluding steroid dienone is 1. The van der Waals surface area contributed by atoms with Gasteiger partial charge in [-0.1, -0.05) is 6.07 Å². The second-order valence-corrected chi connectivity index (χ2v) is 6.49. The van der Waals surface area contributed by atoms with Crippen molar-refractivity contribution in [3.63, 3.8) is 0 Å². The van der Waals surface area contributed by atoms with Gasteiger partial charge in [0.1, 0.15) is 17.2 Å². The lowest BCUT2D eigenvalue weighted by atomic mass is 10.1. The number of benzene rings is 1. The van der Waals surface area contributed by atoms with Crippen LogP contribution in [0.1, 0.15) is 30.5 Å². The quantitative estimate of drug-likeness (QED) is 0.561. The number of aryl methyl sites for hydroxylation is 1. The van der Waals surface area contributed by atoms with E-state index in [4.69, 9.17) is 11.5 Å². The van der Waals surface area contributed by atoms with Crippen LogP contribution in [-0.4, -0.2) is 20.4 Å². The van der Waals surface area contributed by atoms with E-state index in [9.17, 15) is 4.39 Å². The lowest BCUT2D eigenvalue weighted by molar-refractivity contribution is 0.582. The van der Waals surface area contributed by atoms with Gasteiger partial charge in [0.25, 0.3) is 0 Å². The summed E-state index contributed by atoms with van der Waals surface area (Å²) >= 11 is 0. The third-order valence-corrected chi connectivity index (χ3v) is 4.51. The van der Waals surface area contributed by atoms with Crippen LogP contribution >= 0.6 is 0 Å². The first-order valence-electron chi connectivity index (χ1n) is 8.41. The third-order valence-electron chi connectivity index (χ3n) is 4.51. The molecule has 0 unspecified atom stereocenters. The predicted molar refractivity (Wildman–Crippen MR) is 99.6 cm³/mol. The molecular weight excluding hydrogens is 331 g/mol. The fraction of sp³-hybridized carbons (Fsp3) is 0.211. The molecular formula is C19H19FN6. The zero-order valence-electron chi connectivity index (χ0n) is 14.4. The summed E-state index contributed by atoms with van der Waals surface area (Å²) in [6, 6.07) is 8.59. The maximum absolute atomic E-state index is 13.7. The molecule has 0 amide bonds. The molecule has 1 atom stereocenters. The number of amidine groups is 1. The summed E-state index contributed by atoms with van der Waals surface area (Å²) < 4.78 is 15.7. The van der Waals surface area contributed by atoms with Crippen LogP contribution in [0, 0.1) is 5.82 Å². The summed E-state index contributed by atoms with van der Waals surface area (Å²) in [6.45, 7) is 1.74.